The summed E-state index contributed by atoms with van der Waals surface area (Å²) in [4.78, 5) is 0. The fourth-order valence-corrected chi connectivity index (χ4v) is 2.88. The first-order chi connectivity index (χ1) is 7.36. The average Bonchev–Trinajstić information content (AvgIpc) is 2.62. The standard InChI is InChI=1S/C13H17NO/c1-9-3-2-4-11-12-8-14-7-10(12)5-6-15-13(9)11/h2-4,10,12,14H,5-8H2,1H3/t10?,12-/m0/s1. The lowest BCUT2D eigenvalue weighted by atomic mass is 9.87. The van der Waals surface area contributed by atoms with E-state index in [9.17, 15) is 0 Å². The minimum Gasteiger partial charge on any atom is -0.493 e. The van der Waals surface area contributed by atoms with Crippen LogP contribution in [-0.2, 0) is 0 Å². The molecule has 0 amide bonds. The quantitative estimate of drug-likeness (QED) is 0.697. The highest BCUT2D eigenvalue weighted by Crippen LogP contribution is 2.39. The summed E-state index contributed by atoms with van der Waals surface area (Å²) < 4.78 is 5.89. The molecule has 1 unspecified atom stereocenters. The van der Waals surface area contributed by atoms with E-state index in [-0.39, 0.29) is 0 Å². The Morgan fingerprint density at radius 3 is 3.20 bits per heavy atom. The monoisotopic (exact) mass is 203 g/mol. The van der Waals surface area contributed by atoms with Crippen LogP contribution in [-0.4, -0.2) is 19.7 Å². The predicted octanol–water partition coefficient (Wildman–Crippen LogP) is 2.08. The Hall–Kier alpha value is -1.02. The van der Waals surface area contributed by atoms with Crippen molar-refractivity contribution in [3.8, 4) is 5.75 Å². The van der Waals surface area contributed by atoms with Crippen LogP contribution in [0.25, 0.3) is 0 Å². The molecule has 0 aliphatic carbocycles. The summed E-state index contributed by atoms with van der Waals surface area (Å²) in [5.41, 5.74) is 2.70. The summed E-state index contributed by atoms with van der Waals surface area (Å²) in [5.74, 6) is 2.59. The molecule has 80 valence electrons. The maximum Gasteiger partial charge on any atom is 0.125 e. The summed E-state index contributed by atoms with van der Waals surface area (Å²) in [7, 11) is 0. The van der Waals surface area contributed by atoms with Gasteiger partial charge >= 0.3 is 0 Å². The Bertz CT molecular complexity index is 375. The van der Waals surface area contributed by atoms with Gasteiger partial charge in [0.1, 0.15) is 5.75 Å². The Kier molecular flexibility index (Phi) is 2.17. The van der Waals surface area contributed by atoms with Gasteiger partial charge in [-0.05, 0) is 36.9 Å². The molecule has 0 aromatic heterocycles. The van der Waals surface area contributed by atoms with Crippen molar-refractivity contribution in [2.45, 2.75) is 19.3 Å². The summed E-state index contributed by atoms with van der Waals surface area (Å²) in [5, 5.41) is 3.50. The van der Waals surface area contributed by atoms with Crippen molar-refractivity contribution in [3.05, 3.63) is 29.3 Å². The molecule has 1 N–H and O–H groups in total. The van der Waals surface area contributed by atoms with E-state index in [0.29, 0.717) is 5.92 Å². The van der Waals surface area contributed by atoms with Crippen LogP contribution in [0.3, 0.4) is 0 Å². The molecular weight excluding hydrogens is 186 g/mol. The topological polar surface area (TPSA) is 21.3 Å². The third-order valence-corrected chi connectivity index (χ3v) is 3.72. The highest BCUT2D eigenvalue weighted by Gasteiger charge is 2.32. The van der Waals surface area contributed by atoms with Crippen molar-refractivity contribution in [1.82, 2.24) is 5.32 Å². The van der Waals surface area contributed by atoms with Gasteiger partial charge in [0.25, 0.3) is 0 Å². The molecule has 2 aliphatic rings. The van der Waals surface area contributed by atoms with E-state index >= 15 is 0 Å². The molecule has 2 atom stereocenters. The van der Waals surface area contributed by atoms with E-state index in [2.05, 4.69) is 30.4 Å². The number of rotatable bonds is 0. The Morgan fingerprint density at radius 1 is 1.33 bits per heavy atom. The fourth-order valence-electron chi connectivity index (χ4n) is 2.88. The van der Waals surface area contributed by atoms with Crippen molar-refractivity contribution in [2.75, 3.05) is 19.7 Å². The molecule has 0 radical (unpaired) electrons. The van der Waals surface area contributed by atoms with Crippen molar-refractivity contribution in [2.24, 2.45) is 5.92 Å². The number of hydrogen-bond donors (Lipinski definition) is 1. The molecule has 2 heteroatoms. The first kappa shape index (κ1) is 9.22. The van der Waals surface area contributed by atoms with Crippen LogP contribution in [0.2, 0.25) is 0 Å². The van der Waals surface area contributed by atoms with Crippen LogP contribution in [0.1, 0.15) is 23.5 Å². The zero-order valence-corrected chi connectivity index (χ0v) is 9.12. The van der Waals surface area contributed by atoms with Crippen molar-refractivity contribution in [3.63, 3.8) is 0 Å². The zero-order chi connectivity index (χ0) is 10.3. The molecular formula is C13H17NO. The van der Waals surface area contributed by atoms with Gasteiger partial charge in [-0.3, -0.25) is 0 Å². The minimum absolute atomic E-state index is 0.669. The summed E-state index contributed by atoms with van der Waals surface area (Å²) in [6.07, 6.45) is 1.19. The molecule has 15 heavy (non-hydrogen) atoms. The second kappa shape index (κ2) is 3.53. The number of benzene rings is 1. The molecule has 1 fully saturated rings. The van der Waals surface area contributed by atoms with E-state index in [4.69, 9.17) is 4.74 Å². The van der Waals surface area contributed by atoms with E-state index in [1.165, 1.54) is 17.5 Å². The molecule has 2 nitrogen and oxygen atoms in total. The average molecular weight is 203 g/mol. The second-order valence-corrected chi connectivity index (χ2v) is 4.66. The van der Waals surface area contributed by atoms with Crippen LogP contribution >= 0.6 is 0 Å². The lowest BCUT2D eigenvalue weighted by Crippen LogP contribution is -2.11. The molecule has 0 bridgehead atoms. The van der Waals surface area contributed by atoms with Crippen LogP contribution < -0.4 is 10.1 Å². The molecule has 3 rings (SSSR count). The van der Waals surface area contributed by atoms with Gasteiger partial charge in [-0.25, -0.2) is 0 Å². The Labute approximate surface area is 90.6 Å². The highest BCUT2D eigenvalue weighted by atomic mass is 16.5. The van der Waals surface area contributed by atoms with E-state index in [1.807, 2.05) is 0 Å². The molecule has 1 aromatic rings. The minimum atomic E-state index is 0.669. The van der Waals surface area contributed by atoms with Gasteiger partial charge in [0, 0.05) is 12.5 Å². The van der Waals surface area contributed by atoms with Gasteiger partial charge in [-0.15, -0.1) is 0 Å². The lowest BCUT2D eigenvalue weighted by molar-refractivity contribution is 0.295. The highest BCUT2D eigenvalue weighted by molar-refractivity contribution is 5.44. The van der Waals surface area contributed by atoms with Crippen LogP contribution in [0.4, 0.5) is 0 Å². The largest absolute Gasteiger partial charge is 0.493 e. The summed E-state index contributed by atoms with van der Waals surface area (Å²) in [6.45, 7) is 5.29. The summed E-state index contributed by atoms with van der Waals surface area (Å²) in [6, 6.07) is 6.53. The molecule has 2 heterocycles. The molecule has 1 saturated heterocycles. The van der Waals surface area contributed by atoms with Gasteiger partial charge in [-0.2, -0.15) is 0 Å². The number of fused-ring (bicyclic) bond motifs is 3. The first-order valence-electron chi connectivity index (χ1n) is 5.79. The Morgan fingerprint density at radius 2 is 2.27 bits per heavy atom. The number of aryl methyl sites for hydroxylation is 1. The smallest absolute Gasteiger partial charge is 0.125 e. The number of hydrogen-bond acceptors (Lipinski definition) is 2. The van der Waals surface area contributed by atoms with Crippen molar-refractivity contribution < 1.29 is 4.74 Å². The fraction of sp³-hybridized carbons (Fsp3) is 0.538. The molecule has 2 aliphatic heterocycles. The van der Waals surface area contributed by atoms with Crippen LogP contribution in [0, 0.1) is 12.8 Å². The molecule has 1 aromatic carbocycles. The maximum atomic E-state index is 5.89. The number of nitrogens with one attached hydrogen (secondary N) is 1. The van der Waals surface area contributed by atoms with Crippen molar-refractivity contribution >= 4 is 0 Å². The third kappa shape index (κ3) is 1.44. The molecule has 0 saturated carbocycles. The van der Waals surface area contributed by atoms with Gasteiger partial charge < -0.3 is 10.1 Å². The van der Waals surface area contributed by atoms with E-state index in [1.54, 1.807) is 0 Å². The Balaban J connectivity index is 2.09. The normalized spacial score (nSPS) is 28.9. The SMILES string of the molecule is Cc1cccc2c1OCCC1CNC[C@H]21. The van der Waals surface area contributed by atoms with Gasteiger partial charge in [0.05, 0.1) is 6.61 Å². The van der Waals surface area contributed by atoms with Crippen LogP contribution in [0.5, 0.6) is 5.75 Å². The number of para-hydroxylation sites is 1. The van der Waals surface area contributed by atoms with Gasteiger partial charge in [0.15, 0.2) is 0 Å². The van der Waals surface area contributed by atoms with Crippen molar-refractivity contribution in [1.29, 1.82) is 0 Å². The van der Waals surface area contributed by atoms with Gasteiger partial charge in [-0.1, -0.05) is 18.2 Å². The van der Waals surface area contributed by atoms with Gasteiger partial charge in [0.2, 0.25) is 0 Å². The second-order valence-electron chi connectivity index (χ2n) is 4.66. The van der Waals surface area contributed by atoms with E-state index < -0.39 is 0 Å². The molecule has 0 spiro atoms. The lowest BCUT2D eigenvalue weighted by Gasteiger charge is -2.16. The summed E-state index contributed by atoms with van der Waals surface area (Å²) >= 11 is 0. The zero-order valence-electron chi connectivity index (χ0n) is 9.12. The predicted molar refractivity (Wildman–Crippen MR) is 60.4 cm³/mol. The van der Waals surface area contributed by atoms with E-state index in [0.717, 1.165) is 31.4 Å². The maximum absolute atomic E-state index is 5.89. The third-order valence-electron chi connectivity index (χ3n) is 3.72. The first-order valence-corrected chi connectivity index (χ1v) is 5.79. The van der Waals surface area contributed by atoms with Crippen LogP contribution in [0.15, 0.2) is 18.2 Å². The number of ether oxygens (including phenoxy) is 1.